The number of ether oxygens (including phenoxy) is 1. The maximum Gasteiger partial charge on any atom is 0.332 e. The van der Waals surface area contributed by atoms with Crippen molar-refractivity contribution in [3.05, 3.63) is 57.0 Å². The van der Waals surface area contributed by atoms with Gasteiger partial charge in [-0.3, -0.25) is 13.9 Å². The van der Waals surface area contributed by atoms with Gasteiger partial charge in [0.2, 0.25) is 0 Å². The van der Waals surface area contributed by atoms with Crippen LogP contribution in [0.4, 0.5) is 0 Å². The zero-order chi connectivity index (χ0) is 23.4. The molecule has 0 amide bonds. The summed E-state index contributed by atoms with van der Waals surface area (Å²) in [6.45, 7) is 6.21. The fourth-order valence-electron chi connectivity index (χ4n) is 4.83. The van der Waals surface area contributed by atoms with Gasteiger partial charge in [0, 0.05) is 20.6 Å². The molecular formula is C25H35N5O3. The Morgan fingerprint density at radius 3 is 2.48 bits per heavy atom. The SMILES string of the molecule is CCOc1ccc(CCC2CCN(CCCn3c(=O)c4c(ncn4C)n(C)c3=O)CC2)cc1. The Morgan fingerprint density at radius 2 is 1.79 bits per heavy atom. The quantitative estimate of drug-likeness (QED) is 0.498. The van der Waals surface area contributed by atoms with E-state index < -0.39 is 0 Å². The lowest BCUT2D eigenvalue weighted by molar-refractivity contribution is 0.175. The summed E-state index contributed by atoms with van der Waals surface area (Å²) in [6.07, 6.45) is 7.11. The molecule has 178 valence electrons. The molecule has 0 N–H and O–H groups in total. The Bertz CT molecular complexity index is 1180. The third kappa shape index (κ3) is 5.21. The van der Waals surface area contributed by atoms with E-state index in [0.717, 1.165) is 44.1 Å². The molecule has 3 aromatic rings. The van der Waals surface area contributed by atoms with Crippen LogP contribution in [0, 0.1) is 5.92 Å². The van der Waals surface area contributed by atoms with Crippen LogP contribution < -0.4 is 16.0 Å². The standard InChI is InChI=1S/C25H35N5O3/c1-4-33-21-10-8-19(9-11-21)6-7-20-12-16-29(17-13-20)14-5-15-30-24(31)22-23(26-18-27(22)2)28(3)25(30)32/h8-11,18,20H,4-7,12-17H2,1-3H3. The number of rotatable bonds is 9. The van der Waals surface area contributed by atoms with E-state index in [-0.39, 0.29) is 11.2 Å². The van der Waals surface area contributed by atoms with Crippen molar-refractivity contribution in [2.24, 2.45) is 20.0 Å². The second-order valence-corrected chi connectivity index (χ2v) is 9.08. The normalized spacial score (nSPS) is 15.4. The van der Waals surface area contributed by atoms with Crippen molar-refractivity contribution in [1.82, 2.24) is 23.6 Å². The van der Waals surface area contributed by atoms with Crippen molar-refractivity contribution in [2.75, 3.05) is 26.2 Å². The molecule has 1 saturated heterocycles. The van der Waals surface area contributed by atoms with Gasteiger partial charge in [-0.05, 0) is 82.3 Å². The Labute approximate surface area is 194 Å². The maximum atomic E-state index is 12.8. The Kier molecular flexibility index (Phi) is 7.33. The number of aromatic nitrogens is 4. The Hall–Kier alpha value is -2.87. The van der Waals surface area contributed by atoms with Crippen molar-refractivity contribution < 1.29 is 4.74 Å². The van der Waals surface area contributed by atoms with Gasteiger partial charge < -0.3 is 14.2 Å². The van der Waals surface area contributed by atoms with E-state index in [4.69, 9.17) is 4.74 Å². The predicted molar refractivity (Wildman–Crippen MR) is 130 cm³/mol. The molecule has 0 saturated carbocycles. The van der Waals surface area contributed by atoms with Crippen molar-refractivity contribution >= 4 is 11.2 Å². The Balaban J connectivity index is 1.24. The predicted octanol–water partition coefficient (Wildman–Crippen LogP) is 2.57. The molecule has 4 rings (SSSR count). The molecule has 8 nitrogen and oxygen atoms in total. The number of fused-ring (bicyclic) bond motifs is 1. The minimum Gasteiger partial charge on any atom is -0.494 e. The molecule has 1 aliphatic heterocycles. The van der Waals surface area contributed by atoms with Crippen LogP contribution in [-0.2, 0) is 27.1 Å². The van der Waals surface area contributed by atoms with E-state index in [1.165, 1.54) is 34.0 Å². The molecular weight excluding hydrogens is 418 g/mol. The minimum absolute atomic E-state index is 0.249. The summed E-state index contributed by atoms with van der Waals surface area (Å²) in [6, 6.07) is 8.47. The number of likely N-dealkylation sites (tertiary alicyclic amines) is 1. The summed E-state index contributed by atoms with van der Waals surface area (Å²) < 4.78 is 10.0. The summed E-state index contributed by atoms with van der Waals surface area (Å²) in [5.41, 5.74) is 1.75. The van der Waals surface area contributed by atoms with Gasteiger partial charge >= 0.3 is 5.69 Å². The van der Waals surface area contributed by atoms with Gasteiger partial charge in [0.05, 0.1) is 12.9 Å². The largest absolute Gasteiger partial charge is 0.494 e. The van der Waals surface area contributed by atoms with Gasteiger partial charge in [-0.1, -0.05) is 12.1 Å². The van der Waals surface area contributed by atoms with Gasteiger partial charge in [0.25, 0.3) is 5.56 Å². The highest BCUT2D eigenvalue weighted by atomic mass is 16.5. The van der Waals surface area contributed by atoms with Gasteiger partial charge in [0.1, 0.15) is 5.75 Å². The average molecular weight is 454 g/mol. The highest BCUT2D eigenvalue weighted by Crippen LogP contribution is 2.23. The molecule has 1 aromatic carbocycles. The molecule has 8 heteroatoms. The van der Waals surface area contributed by atoms with Crippen LogP contribution in [0.25, 0.3) is 11.2 Å². The third-order valence-corrected chi connectivity index (χ3v) is 6.84. The van der Waals surface area contributed by atoms with Crippen LogP contribution in [0.15, 0.2) is 40.2 Å². The topological polar surface area (TPSA) is 74.3 Å². The number of aryl methyl sites for hydroxylation is 3. The third-order valence-electron chi connectivity index (χ3n) is 6.84. The summed E-state index contributed by atoms with van der Waals surface area (Å²) >= 11 is 0. The lowest BCUT2D eigenvalue weighted by Crippen LogP contribution is -2.41. The number of imidazole rings is 1. The first-order valence-corrected chi connectivity index (χ1v) is 12.0. The van der Waals surface area contributed by atoms with Crippen molar-refractivity contribution in [3.63, 3.8) is 0 Å². The zero-order valence-corrected chi connectivity index (χ0v) is 20.0. The number of benzene rings is 1. The summed E-state index contributed by atoms with van der Waals surface area (Å²) in [5.74, 6) is 1.70. The summed E-state index contributed by atoms with van der Waals surface area (Å²) in [7, 11) is 3.46. The van der Waals surface area contributed by atoms with Crippen molar-refractivity contribution in [1.29, 1.82) is 0 Å². The van der Waals surface area contributed by atoms with Crippen molar-refractivity contribution in [3.8, 4) is 5.75 Å². The van der Waals surface area contributed by atoms with E-state index in [0.29, 0.717) is 24.3 Å². The van der Waals surface area contributed by atoms with Gasteiger partial charge in [-0.15, -0.1) is 0 Å². The van der Waals surface area contributed by atoms with E-state index in [1.807, 2.05) is 6.92 Å². The van der Waals surface area contributed by atoms with Crippen LogP contribution in [0.1, 0.15) is 38.2 Å². The van der Waals surface area contributed by atoms with Gasteiger partial charge in [0.15, 0.2) is 11.2 Å². The highest BCUT2D eigenvalue weighted by Gasteiger charge is 2.19. The smallest absolute Gasteiger partial charge is 0.332 e. The minimum atomic E-state index is -0.292. The lowest BCUT2D eigenvalue weighted by atomic mass is 9.90. The monoisotopic (exact) mass is 453 g/mol. The maximum absolute atomic E-state index is 12.8. The molecule has 0 atom stereocenters. The number of piperidine rings is 1. The molecule has 0 radical (unpaired) electrons. The molecule has 1 fully saturated rings. The first-order valence-electron chi connectivity index (χ1n) is 12.0. The van der Waals surface area contributed by atoms with E-state index in [2.05, 4.69) is 34.1 Å². The first-order chi connectivity index (χ1) is 16.0. The number of nitrogens with zero attached hydrogens (tertiary/aromatic N) is 5. The van der Waals surface area contributed by atoms with E-state index in [1.54, 1.807) is 25.0 Å². The summed E-state index contributed by atoms with van der Waals surface area (Å²) in [5, 5.41) is 0. The van der Waals surface area contributed by atoms with Crippen LogP contribution in [0.2, 0.25) is 0 Å². The fourth-order valence-corrected chi connectivity index (χ4v) is 4.83. The molecule has 0 unspecified atom stereocenters. The Morgan fingerprint density at radius 1 is 1.06 bits per heavy atom. The molecule has 0 bridgehead atoms. The van der Waals surface area contributed by atoms with Crippen molar-refractivity contribution in [2.45, 2.75) is 45.6 Å². The molecule has 33 heavy (non-hydrogen) atoms. The lowest BCUT2D eigenvalue weighted by Gasteiger charge is -2.32. The van der Waals surface area contributed by atoms with E-state index in [9.17, 15) is 9.59 Å². The van der Waals surface area contributed by atoms with Gasteiger partial charge in [-0.25, -0.2) is 9.78 Å². The van der Waals surface area contributed by atoms with Crippen LogP contribution in [0.3, 0.4) is 0 Å². The first kappa shape index (κ1) is 23.3. The zero-order valence-electron chi connectivity index (χ0n) is 20.0. The van der Waals surface area contributed by atoms with E-state index >= 15 is 0 Å². The number of hydrogen-bond acceptors (Lipinski definition) is 5. The van der Waals surface area contributed by atoms with Gasteiger partial charge in [-0.2, -0.15) is 0 Å². The number of hydrogen-bond donors (Lipinski definition) is 0. The molecule has 3 heterocycles. The highest BCUT2D eigenvalue weighted by molar-refractivity contribution is 5.69. The van der Waals surface area contributed by atoms with Crippen LogP contribution in [0.5, 0.6) is 5.75 Å². The summed E-state index contributed by atoms with van der Waals surface area (Å²) in [4.78, 5) is 32.1. The molecule has 2 aromatic heterocycles. The fraction of sp³-hybridized carbons (Fsp3) is 0.560. The molecule has 0 aliphatic carbocycles. The average Bonchev–Trinajstić information content (AvgIpc) is 3.22. The molecule has 1 aliphatic rings. The second kappa shape index (κ2) is 10.4. The molecule has 0 spiro atoms. The second-order valence-electron chi connectivity index (χ2n) is 9.08. The van der Waals surface area contributed by atoms with Crippen LogP contribution in [-0.4, -0.2) is 49.8 Å². The van der Waals surface area contributed by atoms with Crippen LogP contribution >= 0.6 is 0 Å².